The largest absolute Gasteiger partial charge is 0.497 e. The van der Waals surface area contributed by atoms with Crippen molar-refractivity contribution in [2.24, 2.45) is 0 Å². The van der Waals surface area contributed by atoms with Crippen LogP contribution < -0.4 is 4.90 Å². The van der Waals surface area contributed by atoms with Gasteiger partial charge in [-0.15, -0.1) is 0 Å². The molecule has 0 bridgehead atoms. The Morgan fingerprint density at radius 2 is 1.40 bits per heavy atom. The number of benzene rings is 7. The summed E-state index contributed by atoms with van der Waals surface area (Å²) < 4.78 is 20.1. The minimum absolute atomic E-state index is 0.374. The molecule has 0 spiro atoms. The number of methoxy groups -OCH3 is 1. The lowest BCUT2D eigenvalue weighted by Crippen LogP contribution is -2.27. The second-order valence-corrected chi connectivity index (χ2v) is 17.8. The van der Waals surface area contributed by atoms with E-state index < -0.39 is 0 Å². The maximum Gasteiger partial charge on any atom is 0.151 e. The van der Waals surface area contributed by atoms with Crippen molar-refractivity contribution in [1.29, 1.82) is 0 Å². The molecule has 7 aromatic carbocycles. The van der Waals surface area contributed by atoms with Gasteiger partial charge in [-0.25, -0.2) is 0 Å². The maximum absolute atomic E-state index is 6.99. The molecule has 0 fully saturated rings. The van der Waals surface area contributed by atoms with Gasteiger partial charge in [-0.1, -0.05) is 167 Å². The molecule has 0 aliphatic heterocycles. The molecule has 0 unspecified atom stereocenters. The van der Waals surface area contributed by atoms with Crippen molar-refractivity contribution >= 4 is 61.1 Å². The third-order valence-corrected chi connectivity index (χ3v) is 13.7. The summed E-state index contributed by atoms with van der Waals surface area (Å²) in [6.45, 7) is 13.4. The molecule has 10 rings (SSSR count). The average Bonchev–Trinajstić information content (AvgIpc) is 3.81. The van der Waals surface area contributed by atoms with Crippen LogP contribution in [0.4, 0.5) is 11.4 Å². The van der Waals surface area contributed by atoms with Crippen LogP contribution in [0.25, 0.3) is 72.0 Å². The second kappa shape index (κ2) is 17.7. The summed E-state index contributed by atoms with van der Waals surface area (Å²) in [5.74, 6) is 1.52. The van der Waals surface area contributed by atoms with Gasteiger partial charge in [0.15, 0.2) is 5.76 Å². The average molecular weight is 850 g/mol. The summed E-state index contributed by atoms with van der Waals surface area (Å²) in [7, 11) is 1.74. The molecule has 0 amide bonds. The van der Waals surface area contributed by atoms with Gasteiger partial charge in [0.25, 0.3) is 0 Å². The number of para-hydroxylation sites is 1. The zero-order chi connectivity index (χ0) is 44.5. The Labute approximate surface area is 382 Å². The zero-order valence-electron chi connectivity index (χ0n) is 37.7. The van der Waals surface area contributed by atoms with Gasteiger partial charge in [0.05, 0.1) is 23.9 Å². The first-order valence-corrected chi connectivity index (χ1v) is 23.0. The molecule has 4 heteroatoms. The Hall–Kier alpha value is -7.30. The number of nitrogens with zero attached hydrogens (tertiary/aromatic N) is 1. The molecule has 322 valence electrons. The molecule has 2 aromatic heterocycles. The van der Waals surface area contributed by atoms with E-state index >= 15 is 0 Å². The fourth-order valence-electron chi connectivity index (χ4n) is 10.3. The van der Waals surface area contributed by atoms with Crippen LogP contribution in [0.3, 0.4) is 0 Å². The maximum atomic E-state index is 6.99. The Morgan fingerprint density at radius 3 is 2.23 bits per heavy atom. The van der Waals surface area contributed by atoms with E-state index in [2.05, 4.69) is 177 Å². The monoisotopic (exact) mass is 849 g/mol. The van der Waals surface area contributed by atoms with Crippen molar-refractivity contribution in [3.8, 4) is 22.3 Å². The fourth-order valence-corrected chi connectivity index (χ4v) is 10.3. The van der Waals surface area contributed by atoms with Crippen molar-refractivity contribution < 1.29 is 13.6 Å². The number of anilines is 2. The highest BCUT2D eigenvalue weighted by Gasteiger charge is 2.31. The van der Waals surface area contributed by atoms with Crippen LogP contribution >= 0.6 is 0 Å². The van der Waals surface area contributed by atoms with E-state index in [4.69, 9.17) is 13.6 Å². The number of hydrogen-bond donors (Lipinski definition) is 0. The number of aryl methyl sites for hydroxylation is 2. The van der Waals surface area contributed by atoms with Crippen LogP contribution in [0.2, 0.25) is 0 Å². The van der Waals surface area contributed by atoms with Crippen LogP contribution in [-0.2, 0) is 23.0 Å². The standard InChI is InChI=1S/C61H55NO3/c1-6-8-31-56-59(50-36-35-45(40-57(50)64-56)48-27-17-23-42-21-15-16-26-47(42)48)62(38-37-52(54(7-2)63-5)61(3,4)46-24-13-10-14-25-46)53-30-19-32-55-58(53)51-29-18-28-49(60(51)65-55)44-34-33-41-20-11-9-12-22-43(41)39-44/h6-8,10,13-19,21,23-36,39-40H,1-2,9,11-12,20,22,37-38H2,3-5H3/b31-8-,54-52-. The molecule has 1 aliphatic carbocycles. The number of ether oxygens (including phenoxy) is 1. The summed E-state index contributed by atoms with van der Waals surface area (Å²) in [6, 6.07) is 52.4. The first-order valence-electron chi connectivity index (χ1n) is 23.0. The van der Waals surface area contributed by atoms with Crippen molar-refractivity contribution in [2.45, 2.75) is 57.8 Å². The molecular weight excluding hydrogens is 795 g/mol. The van der Waals surface area contributed by atoms with Crippen molar-refractivity contribution in [3.05, 3.63) is 211 Å². The van der Waals surface area contributed by atoms with E-state index in [1.54, 1.807) is 13.2 Å². The number of hydrogen-bond acceptors (Lipinski definition) is 4. The molecule has 4 nitrogen and oxygen atoms in total. The van der Waals surface area contributed by atoms with Gasteiger partial charge in [0.2, 0.25) is 0 Å². The van der Waals surface area contributed by atoms with Crippen molar-refractivity contribution in [3.63, 3.8) is 0 Å². The lowest BCUT2D eigenvalue weighted by molar-refractivity contribution is 0.293. The minimum atomic E-state index is -0.374. The molecule has 0 saturated heterocycles. The molecule has 0 N–H and O–H groups in total. The molecule has 65 heavy (non-hydrogen) atoms. The van der Waals surface area contributed by atoms with Crippen LogP contribution in [-0.4, -0.2) is 13.7 Å². The number of rotatable bonds is 13. The van der Waals surface area contributed by atoms with Crippen molar-refractivity contribution in [1.82, 2.24) is 0 Å². The van der Waals surface area contributed by atoms with Crippen LogP contribution in [0.1, 0.15) is 62.0 Å². The van der Waals surface area contributed by atoms with E-state index in [0.29, 0.717) is 13.0 Å². The van der Waals surface area contributed by atoms with Crippen LogP contribution in [0.15, 0.2) is 197 Å². The van der Waals surface area contributed by atoms with Gasteiger partial charge in [-0.3, -0.25) is 0 Å². The summed E-state index contributed by atoms with van der Waals surface area (Å²) in [5, 5.41) is 5.55. The lowest BCUT2D eigenvalue weighted by Gasteiger charge is -2.33. The SMILES string of the molecule is C=C/C=C\c1oc2cc(-c3cccc4ccccc34)ccc2c1N(CC/C(=C(\C=C)OC)C(C)(C)c1ccccc1)c1cccc2oc3c(-c4ccc5c(c4)CCCCC5)cccc3c12. The summed E-state index contributed by atoms with van der Waals surface area (Å²) in [4.78, 5) is 2.44. The predicted octanol–water partition coefficient (Wildman–Crippen LogP) is 16.9. The molecule has 9 aromatic rings. The quantitative estimate of drug-likeness (QED) is 0.0658. The summed E-state index contributed by atoms with van der Waals surface area (Å²) in [6.07, 6.45) is 14.3. The van der Waals surface area contributed by atoms with E-state index in [0.717, 1.165) is 90.9 Å². The number of furan rings is 2. The smallest absolute Gasteiger partial charge is 0.151 e. The van der Waals surface area contributed by atoms with Gasteiger partial charge >= 0.3 is 0 Å². The Kier molecular flexibility index (Phi) is 11.4. The first-order chi connectivity index (χ1) is 31.9. The highest BCUT2D eigenvalue weighted by Crippen LogP contribution is 2.47. The summed E-state index contributed by atoms with van der Waals surface area (Å²) >= 11 is 0. The fraction of sp³-hybridized carbons (Fsp3) is 0.180. The molecule has 2 heterocycles. The highest BCUT2D eigenvalue weighted by atomic mass is 16.5. The van der Waals surface area contributed by atoms with E-state index in [9.17, 15) is 0 Å². The normalized spacial score (nSPS) is 13.6. The van der Waals surface area contributed by atoms with E-state index in [1.807, 2.05) is 18.2 Å². The second-order valence-electron chi connectivity index (χ2n) is 17.8. The first kappa shape index (κ1) is 41.7. The third-order valence-electron chi connectivity index (χ3n) is 13.7. The van der Waals surface area contributed by atoms with E-state index in [1.165, 1.54) is 52.3 Å². The molecule has 0 atom stereocenters. The Bertz CT molecular complexity index is 3300. The minimum Gasteiger partial charge on any atom is -0.497 e. The van der Waals surface area contributed by atoms with Gasteiger partial charge in [0, 0.05) is 28.3 Å². The Balaban J connectivity index is 1.19. The number of fused-ring (bicyclic) bond motifs is 6. The zero-order valence-corrected chi connectivity index (χ0v) is 37.7. The lowest BCUT2D eigenvalue weighted by atomic mass is 9.75. The molecule has 0 saturated carbocycles. The van der Waals surface area contributed by atoms with E-state index in [-0.39, 0.29) is 5.41 Å². The molecular formula is C61H55NO3. The van der Waals surface area contributed by atoms with Gasteiger partial charge in [-0.2, -0.15) is 0 Å². The molecule has 1 aliphatic rings. The highest BCUT2D eigenvalue weighted by molar-refractivity contribution is 6.16. The van der Waals surface area contributed by atoms with Gasteiger partial charge in [0.1, 0.15) is 22.5 Å². The number of allylic oxidation sites excluding steroid dienone is 3. The van der Waals surface area contributed by atoms with Crippen LogP contribution in [0, 0.1) is 0 Å². The Morgan fingerprint density at radius 1 is 0.677 bits per heavy atom. The van der Waals surface area contributed by atoms with Gasteiger partial charge in [-0.05, 0) is 118 Å². The van der Waals surface area contributed by atoms with Crippen LogP contribution in [0.5, 0.6) is 0 Å². The third kappa shape index (κ3) is 7.67. The van der Waals surface area contributed by atoms with Gasteiger partial charge < -0.3 is 18.5 Å². The topological polar surface area (TPSA) is 38.8 Å². The summed E-state index contributed by atoms with van der Waals surface area (Å²) in [5.41, 5.74) is 14.0. The molecule has 0 radical (unpaired) electrons. The van der Waals surface area contributed by atoms with Crippen molar-refractivity contribution in [2.75, 3.05) is 18.6 Å². The predicted molar refractivity (Wildman–Crippen MR) is 274 cm³/mol.